The molecule has 14 heavy (non-hydrogen) atoms. The SMILES string of the molecule is NC1CCN(C2CC3C(C2)C3(F)F)C1. The van der Waals surface area contributed by atoms with E-state index in [1.807, 2.05) is 0 Å². The van der Waals surface area contributed by atoms with Crippen molar-refractivity contribution in [2.45, 2.75) is 37.3 Å². The molecule has 1 saturated heterocycles. The lowest BCUT2D eigenvalue weighted by atomic mass is 10.1. The van der Waals surface area contributed by atoms with Gasteiger partial charge in [-0.25, -0.2) is 8.78 Å². The number of hydrogen-bond donors (Lipinski definition) is 1. The van der Waals surface area contributed by atoms with Crippen LogP contribution in [0.15, 0.2) is 0 Å². The largest absolute Gasteiger partial charge is 0.326 e. The minimum absolute atomic E-state index is 0.271. The van der Waals surface area contributed by atoms with Gasteiger partial charge in [-0.1, -0.05) is 0 Å². The standard InChI is InChI=1S/C10H16F2N2/c11-10(12)8-3-7(4-9(8)10)14-2-1-6(13)5-14/h6-9H,1-5,13H2. The second-order valence-corrected chi connectivity index (χ2v) is 5.06. The third-order valence-electron chi connectivity index (χ3n) is 4.19. The molecular formula is C10H16F2N2. The molecule has 3 atom stereocenters. The summed E-state index contributed by atoms with van der Waals surface area (Å²) in [4.78, 5) is 2.31. The van der Waals surface area contributed by atoms with Crippen LogP contribution < -0.4 is 5.73 Å². The van der Waals surface area contributed by atoms with Gasteiger partial charge in [0, 0.05) is 37.0 Å². The second-order valence-electron chi connectivity index (χ2n) is 5.06. The fourth-order valence-electron chi connectivity index (χ4n) is 3.23. The van der Waals surface area contributed by atoms with E-state index in [4.69, 9.17) is 5.73 Å². The number of fused-ring (bicyclic) bond motifs is 1. The molecular weight excluding hydrogens is 186 g/mol. The molecule has 2 N–H and O–H groups in total. The molecule has 4 heteroatoms. The molecule has 0 amide bonds. The summed E-state index contributed by atoms with van der Waals surface area (Å²) in [6.45, 7) is 1.92. The average molecular weight is 202 g/mol. The topological polar surface area (TPSA) is 29.3 Å². The van der Waals surface area contributed by atoms with Crippen LogP contribution in [-0.2, 0) is 0 Å². The van der Waals surface area contributed by atoms with Gasteiger partial charge < -0.3 is 5.73 Å². The van der Waals surface area contributed by atoms with Crippen LogP contribution in [0.2, 0.25) is 0 Å². The Labute approximate surface area is 82.4 Å². The van der Waals surface area contributed by atoms with Crippen molar-refractivity contribution >= 4 is 0 Å². The maximum absolute atomic E-state index is 12.9. The molecule has 2 saturated carbocycles. The Bertz CT molecular complexity index is 243. The minimum atomic E-state index is -2.32. The van der Waals surface area contributed by atoms with Crippen molar-refractivity contribution in [2.24, 2.45) is 17.6 Å². The van der Waals surface area contributed by atoms with Gasteiger partial charge in [0.15, 0.2) is 0 Å². The second kappa shape index (κ2) is 2.67. The van der Waals surface area contributed by atoms with Crippen molar-refractivity contribution < 1.29 is 8.78 Å². The van der Waals surface area contributed by atoms with E-state index in [9.17, 15) is 8.78 Å². The maximum atomic E-state index is 12.9. The lowest BCUT2D eigenvalue weighted by molar-refractivity contribution is 0.0546. The number of hydrogen-bond acceptors (Lipinski definition) is 2. The highest BCUT2D eigenvalue weighted by atomic mass is 19.3. The van der Waals surface area contributed by atoms with E-state index in [1.165, 1.54) is 0 Å². The number of rotatable bonds is 1. The quantitative estimate of drug-likeness (QED) is 0.689. The van der Waals surface area contributed by atoms with Gasteiger partial charge in [0.2, 0.25) is 0 Å². The molecule has 3 unspecified atom stereocenters. The van der Waals surface area contributed by atoms with Crippen molar-refractivity contribution in [1.29, 1.82) is 0 Å². The van der Waals surface area contributed by atoms with Crippen molar-refractivity contribution in [3.05, 3.63) is 0 Å². The highest BCUT2D eigenvalue weighted by Crippen LogP contribution is 2.64. The van der Waals surface area contributed by atoms with Gasteiger partial charge in [-0.15, -0.1) is 0 Å². The summed E-state index contributed by atoms with van der Waals surface area (Å²) in [5, 5.41) is 0. The summed E-state index contributed by atoms with van der Waals surface area (Å²) in [6.07, 6.45) is 2.43. The van der Waals surface area contributed by atoms with E-state index in [1.54, 1.807) is 0 Å². The number of nitrogens with zero attached hydrogens (tertiary/aromatic N) is 1. The first-order chi connectivity index (χ1) is 6.59. The monoisotopic (exact) mass is 202 g/mol. The molecule has 80 valence electrons. The zero-order valence-electron chi connectivity index (χ0n) is 8.13. The summed E-state index contributed by atoms with van der Waals surface area (Å²) >= 11 is 0. The van der Waals surface area contributed by atoms with Crippen molar-refractivity contribution in [1.82, 2.24) is 4.90 Å². The molecule has 2 nitrogen and oxygen atoms in total. The fraction of sp³-hybridized carbons (Fsp3) is 1.00. The normalized spacial score (nSPS) is 50.8. The predicted molar refractivity (Wildman–Crippen MR) is 49.1 cm³/mol. The van der Waals surface area contributed by atoms with E-state index in [0.29, 0.717) is 18.9 Å². The van der Waals surface area contributed by atoms with Gasteiger partial charge in [0.25, 0.3) is 5.92 Å². The molecule has 3 aliphatic rings. The van der Waals surface area contributed by atoms with E-state index in [2.05, 4.69) is 4.90 Å². The third kappa shape index (κ3) is 1.13. The number of nitrogens with two attached hydrogens (primary N) is 1. The molecule has 0 radical (unpaired) electrons. The van der Waals surface area contributed by atoms with E-state index < -0.39 is 5.92 Å². The molecule has 0 spiro atoms. The first-order valence-corrected chi connectivity index (χ1v) is 5.46. The molecule has 2 aliphatic carbocycles. The zero-order valence-corrected chi connectivity index (χ0v) is 8.13. The number of alkyl halides is 2. The van der Waals surface area contributed by atoms with Gasteiger partial charge in [-0.2, -0.15) is 0 Å². The Balaban J connectivity index is 1.59. The highest BCUT2D eigenvalue weighted by Gasteiger charge is 2.71. The van der Waals surface area contributed by atoms with Crippen LogP contribution in [0, 0.1) is 11.8 Å². The maximum Gasteiger partial charge on any atom is 0.254 e. The molecule has 3 fully saturated rings. The molecule has 3 rings (SSSR count). The molecule has 0 aromatic carbocycles. The Morgan fingerprint density at radius 1 is 1.21 bits per heavy atom. The highest BCUT2D eigenvalue weighted by molar-refractivity contribution is 5.13. The first-order valence-electron chi connectivity index (χ1n) is 5.46. The molecule has 0 bridgehead atoms. The fourth-order valence-corrected chi connectivity index (χ4v) is 3.23. The summed E-state index contributed by atoms with van der Waals surface area (Å²) in [7, 11) is 0. The summed E-state index contributed by atoms with van der Waals surface area (Å²) in [5.41, 5.74) is 5.80. The average Bonchev–Trinajstić information content (AvgIpc) is 2.62. The lowest BCUT2D eigenvalue weighted by Gasteiger charge is -2.25. The molecule has 1 heterocycles. The van der Waals surface area contributed by atoms with E-state index in [-0.39, 0.29) is 17.9 Å². The van der Waals surface area contributed by atoms with Crippen LogP contribution in [0.25, 0.3) is 0 Å². The van der Waals surface area contributed by atoms with Crippen molar-refractivity contribution in [2.75, 3.05) is 13.1 Å². The van der Waals surface area contributed by atoms with Gasteiger partial charge in [-0.05, 0) is 19.3 Å². The van der Waals surface area contributed by atoms with Crippen LogP contribution in [0.1, 0.15) is 19.3 Å². The molecule has 0 aromatic heterocycles. The van der Waals surface area contributed by atoms with E-state index in [0.717, 1.165) is 19.5 Å². The Hall–Kier alpha value is -0.220. The van der Waals surface area contributed by atoms with Crippen molar-refractivity contribution in [3.63, 3.8) is 0 Å². The van der Waals surface area contributed by atoms with Gasteiger partial charge in [0.1, 0.15) is 0 Å². The smallest absolute Gasteiger partial charge is 0.254 e. The Morgan fingerprint density at radius 3 is 2.36 bits per heavy atom. The van der Waals surface area contributed by atoms with Crippen LogP contribution in [0.3, 0.4) is 0 Å². The Morgan fingerprint density at radius 2 is 1.86 bits per heavy atom. The van der Waals surface area contributed by atoms with Gasteiger partial charge >= 0.3 is 0 Å². The Kier molecular flexibility index (Phi) is 1.72. The minimum Gasteiger partial charge on any atom is -0.326 e. The van der Waals surface area contributed by atoms with E-state index >= 15 is 0 Å². The summed E-state index contributed by atoms with van der Waals surface area (Å²) < 4.78 is 25.9. The first kappa shape index (κ1) is 9.04. The number of halogens is 2. The van der Waals surface area contributed by atoms with Crippen LogP contribution in [0.4, 0.5) is 8.78 Å². The predicted octanol–water partition coefficient (Wildman–Crippen LogP) is 1.06. The zero-order chi connectivity index (χ0) is 9.92. The molecule has 1 aliphatic heterocycles. The van der Waals surface area contributed by atoms with Crippen LogP contribution in [-0.4, -0.2) is 36.0 Å². The van der Waals surface area contributed by atoms with Crippen LogP contribution in [0.5, 0.6) is 0 Å². The van der Waals surface area contributed by atoms with Gasteiger partial charge in [0.05, 0.1) is 0 Å². The molecule has 0 aromatic rings. The van der Waals surface area contributed by atoms with Crippen molar-refractivity contribution in [3.8, 4) is 0 Å². The third-order valence-corrected chi connectivity index (χ3v) is 4.19. The lowest BCUT2D eigenvalue weighted by Crippen LogP contribution is -2.35. The van der Waals surface area contributed by atoms with Crippen LogP contribution >= 0.6 is 0 Å². The number of likely N-dealkylation sites (tertiary alicyclic amines) is 1. The summed E-state index contributed by atoms with van der Waals surface area (Å²) in [5.74, 6) is -2.92. The van der Waals surface area contributed by atoms with Gasteiger partial charge in [-0.3, -0.25) is 4.90 Å². The summed E-state index contributed by atoms with van der Waals surface area (Å²) in [6, 6.07) is 0.672.